The number of primary amides is 1. The molecule has 5 atom stereocenters. The zero-order valence-electron chi connectivity index (χ0n) is 23.2. The Balaban J connectivity index is 5.73. The number of unbranched alkanes of at least 4 members (excludes halogenated alkanes) is 1. The number of rotatable bonds is 19. The van der Waals surface area contributed by atoms with Gasteiger partial charge >= 0.3 is 0 Å². The van der Waals surface area contributed by atoms with Gasteiger partial charge in [0.25, 0.3) is 0 Å². The van der Waals surface area contributed by atoms with Crippen LogP contribution in [0.5, 0.6) is 0 Å². The van der Waals surface area contributed by atoms with Crippen LogP contribution in [0.1, 0.15) is 73.1 Å². The molecule has 0 heterocycles. The first-order valence-corrected chi connectivity index (χ1v) is 14.4. The highest BCUT2D eigenvalue weighted by molar-refractivity contribution is 7.98. The maximum atomic E-state index is 13.4. The standard InChI is InChI=1S/C25H48N6O5S/c1-7-16(4)21(31-24(35)19(11-13-37-6)28-17(5)32)25(36)29-18(10-8-9-12-26)23(34)30-20(22(27)33)14-15(2)3/h15-16,18-21H,7-14,26H2,1-6H3,(H2,27,33)(H,28,32)(H,29,36)(H,30,34)(H,31,35)/t16-,18-,19-,20-,21-/m0/s1. The van der Waals surface area contributed by atoms with E-state index < -0.39 is 47.8 Å². The van der Waals surface area contributed by atoms with Crippen molar-refractivity contribution in [1.29, 1.82) is 0 Å². The van der Waals surface area contributed by atoms with Gasteiger partial charge in [-0.1, -0.05) is 34.1 Å². The molecule has 0 saturated carbocycles. The maximum absolute atomic E-state index is 13.4. The fourth-order valence-electron chi connectivity index (χ4n) is 3.72. The Labute approximate surface area is 225 Å². The molecule has 0 saturated heterocycles. The summed E-state index contributed by atoms with van der Waals surface area (Å²) in [5.74, 6) is -1.94. The SMILES string of the molecule is CC[C@H](C)[C@H](NC(=O)[C@H](CCSC)NC(C)=O)C(=O)N[C@@H](CCCCN)C(=O)N[C@@H](CC(C)C)C(N)=O. The lowest BCUT2D eigenvalue weighted by Crippen LogP contribution is -2.59. The summed E-state index contributed by atoms with van der Waals surface area (Å²) in [5, 5.41) is 10.9. The van der Waals surface area contributed by atoms with Gasteiger partial charge in [0.2, 0.25) is 29.5 Å². The highest BCUT2D eigenvalue weighted by Gasteiger charge is 2.32. The molecule has 5 amide bonds. The van der Waals surface area contributed by atoms with E-state index in [9.17, 15) is 24.0 Å². The molecular formula is C25H48N6O5S. The molecule has 214 valence electrons. The number of nitrogens with one attached hydrogen (secondary N) is 4. The molecular weight excluding hydrogens is 496 g/mol. The third-order valence-corrected chi connectivity index (χ3v) is 6.69. The summed E-state index contributed by atoms with van der Waals surface area (Å²) in [5.41, 5.74) is 11.1. The summed E-state index contributed by atoms with van der Waals surface area (Å²) in [6.07, 6.45) is 4.83. The highest BCUT2D eigenvalue weighted by atomic mass is 32.2. The van der Waals surface area contributed by atoms with Gasteiger partial charge in [0.15, 0.2) is 0 Å². The van der Waals surface area contributed by atoms with E-state index in [1.807, 2.05) is 34.0 Å². The van der Waals surface area contributed by atoms with E-state index in [-0.39, 0.29) is 17.7 Å². The summed E-state index contributed by atoms with van der Waals surface area (Å²) >= 11 is 1.54. The molecule has 12 heteroatoms. The van der Waals surface area contributed by atoms with Crippen LogP contribution >= 0.6 is 11.8 Å². The normalized spacial score (nSPS) is 15.1. The molecule has 0 aliphatic heterocycles. The van der Waals surface area contributed by atoms with E-state index in [2.05, 4.69) is 21.3 Å². The fraction of sp³-hybridized carbons (Fsp3) is 0.800. The Morgan fingerprint density at radius 3 is 1.86 bits per heavy atom. The molecule has 0 aliphatic carbocycles. The van der Waals surface area contributed by atoms with E-state index in [0.717, 1.165) is 0 Å². The van der Waals surface area contributed by atoms with Crippen LogP contribution in [0, 0.1) is 11.8 Å². The Morgan fingerprint density at radius 1 is 0.811 bits per heavy atom. The summed E-state index contributed by atoms with van der Waals surface area (Å²) < 4.78 is 0. The molecule has 0 aromatic heterocycles. The van der Waals surface area contributed by atoms with Crippen LogP contribution in [0.4, 0.5) is 0 Å². The van der Waals surface area contributed by atoms with Gasteiger partial charge < -0.3 is 32.7 Å². The van der Waals surface area contributed by atoms with Crippen molar-refractivity contribution < 1.29 is 24.0 Å². The predicted octanol–water partition coefficient (Wildman–Crippen LogP) is 0.405. The molecule has 11 nitrogen and oxygen atoms in total. The van der Waals surface area contributed by atoms with Crippen LogP contribution in [0.15, 0.2) is 0 Å². The van der Waals surface area contributed by atoms with E-state index in [0.29, 0.717) is 50.8 Å². The van der Waals surface area contributed by atoms with Crippen LogP contribution in [0.2, 0.25) is 0 Å². The summed E-state index contributed by atoms with van der Waals surface area (Å²) in [6.45, 7) is 9.32. The topological polar surface area (TPSA) is 186 Å². The van der Waals surface area contributed by atoms with Crippen LogP contribution < -0.4 is 32.7 Å². The van der Waals surface area contributed by atoms with Crippen LogP contribution in [0.3, 0.4) is 0 Å². The van der Waals surface area contributed by atoms with Crippen molar-refractivity contribution in [1.82, 2.24) is 21.3 Å². The minimum Gasteiger partial charge on any atom is -0.368 e. The summed E-state index contributed by atoms with van der Waals surface area (Å²) in [4.78, 5) is 63.0. The molecule has 37 heavy (non-hydrogen) atoms. The Morgan fingerprint density at radius 2 is 1.38 bits per heavy atom. The number of amides is 5. The lowest BCUT2D eigenvalue weighted by molar-refractivity contribution is -0.135. The van der Waals surface area contributed by atoms with Gasteiger partial charge in [-0.25, -0.2) is 0 Å². The van der Waals surface area contributed by atoms with Gasteiger partial charge in [0, 0.05) is 6.92 Å². The van der Waals surface area contributed by atoms with Crippen LogP contribution in [-0.4, -0.2) is 72.3 Å². The molecule has 0 radical (unpaired) electrons. The monoisotopic (exact) mass is 544 g/mol. The van der Waals surface area contributed by atoms with E-state index in [4.69, 9.17) is 11.5 Å². The first-order valence-electron chi connectivity index (χ1n) is 13.0. The lowest BCUT2D eigenvalue weighted by Gasteiger charge is -2.29. The number of carbonyl (C=O) groups excluding carboxylic acids is 5. The molecule has 0 spiro atoms. The second-order valence-corrected chi connectivity index (χ2v) is 10.8. The molecule has 8 N–H and O–H groups in total. The Bertz CT molecular complexity index is 751. The number of thioether (sulfide) groups is 1. The first-order chi connectivity index (χ1) is 17.4. The van der Waals surface area contributed by atoms with Crippen molar-refractivity contribution in [2.24, 2.45) is 23.3 Å². The minimum atomic E-state index is -0.931. The average molecular weight is 545 g/mol. The first kappa shape index (κ1) is 34.7. The average Bonchev–Trinajstić information content (AvgIpc) is 2.82. The third-order valence-electron chi connectivity index (χ3n) is 6.04. The van der Waals surface area contributed by atoms with Gasteiger partial charge in [-0.05, 0) is 62.5 Å². The number of carbonyl (C=O) groups is 5. The predicted molar refractivity (Wildman–Crippen MR) is 147 cm³/mol. The second kappa shape index (κ2) is 18.8. The zero-order chi connectivity index (χ0) is 28.5. The van der Waals surface area contributed by atoms with Crippen molar-refractivity contribution in [2.45, 2.75) is 97.3 Å². The molecule has 0 rings (SSSR count). The van der Waals surface area contributed by atoms with Gasteiger partial charge in [-0.3, -0.25) is 24.0 Å². The van der Waals surface area contributed by atoms with Crippen molar-refractivity contribution in [3.05, 3.63) is 0 Å². The minimum absolute atomic E-state index is 0.121. The van der Waals surface area contributed by atoms with Crippen molar-refractivity contribution in [3.63, 3.8) is 0 Å². The van der Waals surface area contributed by atoms with Crippen LogP contribution in [-0.2, 0) is 24.0 Å². The second-order valence-electron chi connectivity index (χ2n) is 9.85. The van der Waals surface area contributed by atoms with Gasteiger partial charge in [0.1, 0.15) is 24.2 Å². The largest absolute Gasteiger partial charge is 0.368 e. The molecule has 0 aromatic rings. The molecule has 0 fully saturated rings. The Kier molecular flexibility index (Phi) is 17.6. The van der Waals surface area contributed by atoms with E-state index in [1.165, 1.54) is 6.92 Å². The van der Waals surface area contributed by atoms with Crippen molar-refractivity contribution in [2.75, 3.05) is 18.6 Å². The van der Waals surface area contributed by atoms with E-state index in [1.54, 1.807) is 11.8 Å². The maximum Gasteiger partial charge on any atom is 0.243 e. The quantitative estimate of drug-likeness (QED) is 0.127. The van der Waals surface area contributed by atoms with Gasteiger partial charge in [-0.15, -0.1) is 0 Å². The zero-order valence-corrected chi connectivity index (χ0v) is 24.0. The third kappa shape index (κ3) is 14.2. The fourth-order valence-corrected chi connectivity index (χ4v) is 4.19. The summed E-state index contributed by atoms with van der Waals surface area (Å²) in [7, 11) is 0. The highest BCUT2D eigenvalue weighted by Crippen LogP contribution is 2.12. The summed E-state index contributed by atoms with van der Waals surface area (Å²) in [6, 6.07) is -3.49. The number of hydrogen-bond acceptors (Lipinski definition) is 7. The van der Waals surface area contributed by atoms with Crippen LogP contribution in [0.25, 0.3) is 0 Å². The smallest absolute Gasteiger partial charge is 0.243 e. The lowest BCUT2D eigenvalue weighted by atomic mass is 9.96. The molecule has 0 aromatic carbocycles. The number of hydrogen-bond donors (Lipinski definition) is 6. The molecule has 0 bridgehead atoms. The van der Waals surface area contributed by atoms with Gasteiger partial charge in [-0.2, -0.15) is 11.8 Å². The number of nitrogens with two attached hydrogens (primary N) is 2. The molecule has 0 aliphatic rings. The van der Waals surface area contributed by atoms with Crippen molar-refractivity contribution >= 4 is 41.3 Å². The van der Waals surface area contributed by atoms with Crippen molar-refractivity contribution in [3.8, 4) is 0 Å². The van der Waals surface area contributed by atoms with Gasteiger partial charge in [0.05, 0.1) is 0 Å². The van der Waals surface area contributed by atoms with E-state index >= 15 is 0 Å². The Hall–Kier alpha value is -2.34. The molecule has 0 unspecified atom stereocenters.